The monoisotopic (exact) mass is 285 g/mol. The summed E-state index contributed by atoms with van der Waals surface area (Å²) in [5.74, 6) is 0. The van der Waals surface area contributed by atoms with Crippen molar-refractivity contribution in [3.63, 3.8) is 0 Å². The highest BCUT2D eigenvalue weighted by Crippen LogP contribution is 2.26. The fraction of sp³-hybridized carbons (Fsp3) is 0.231. The van der Waals surface area contributed by atoms with Crippen molar-refractivity contribution in [3.8, 4) is 0 Å². The van der Waals surface area contributed by atoms with Crippen LogP contribution in [0.1, 0.15) is 10.4 Å². The molecule has 1 heterocycles. The van der Waals surface area contributed by atoms with Gasteiger partial charge in [0.1, 0.15) is 0 Å². The van der Waals surface area contributed by atoms with Crippen LogP contribution in [0.25, 0.3) is 0 Å². The predicted octanol–water partition coefficient (Wildman–Crippen LogP) is 4.17. The van der Waals surface area contributed by atoms with Gasteiger partial charge >= 0.3 is 0 Å². The highest BCUT2D eigenvalue weighted by molar-refractivity contribution is 7.09. The molecule has 0 spiro atoms. The maximum atomic E-state index is 6.13. The van der Waals surface area contributed by atoms with Gasteiger partial charge in [-0.3, -0.25) is 0 Å². The van der Waals surface area contributed by atoms with E-state index in [1.807, 2.05) is 18.2 Å². The molecule has 0 aliphatic heterocycles. The Morgan fingerprint density at radius 2 is 1.94 bits per heavy atom. The molecule has 17 heavy (non-hydrogen) atoms. The van der Waals surface area contributed by atoms with Crippen molar-refractivity contribution in [1.82, 2.24) is 0 Å². The van der Waals surface area contributed by atoms with E-state index in [-0.39, 0.29) is 6.04 Å². The quantitative estimate of drug-likeness (QED) is 0.897. The lowest BCUT2D eigenvalue weighted by molar-refractivity contribution is 0.671. The molecule has 0 aliphatic carbocycles. The van der Waals surface area contributed by atoms with Crippen LogP contribution in [0.5, 0.6) is 0 Å². The molecular weight excluding hydrogens is 273 g/mol. The molecule has 2 N–H and O–H groups in total. The standard InChI is InChI=1S/C13H13Cl2NS/c14-12-5-1-3-9(13(12)15)7-10(16)8-11-4-2-6-17-11/h1-6,10H,7-8,16H2. The van der Waals surface area contributed by atoms with Crippen LogP contribution < -0.4 is 5.73 Å². The number of nitrogens with two attached hydrogens (primary N) is 1. The summed E-state index contributed by atoms with van der Waals surface area (Å²) in [5, 5.41) is 3.28. The van der Waals surface area contributed by atoms with Crippen molar-refractivity contribution in [2.24, 2.45) is 5.73 Å². The molecule has 0 fully saturated rings. The smallest absolute Gasteiger partial charge is 0.0624 e. The number of hydrogen-bond donors (Lipinski definition) is 1. The molecule has 0 radical (unpaired) electrons. The Hall–Kier alpha value is -0.540. The second-order valence-electron chi connectivity index (χ2n) is 3.96. The zero-order chi connectivity index (χ0) is 12.3. The van der Waals surface area contributed by atoms with Gasteiger partial charge in [0, 0.05) is 10.9 Å². The van der Waals surface area contributed by atoms with Gasteiger partial charge in [0.15, 0.2) is 0 Å². The molecule has 1 nitrogen and oxygen atoms in total. The lowest BCUT2D eigenvalue weighted by atomic mass is 10.0. The Morgan fingerprint density at radius 1 is 1.12 bits per heavy atom. The van der Waals surface area contributed by atoms with Crippen LogP contribution in [0.15, 0.2) is 35.7 Å². The fourth-order valence-electron chi connectivity index (χ4n) is 1.75. The van der Waals surface area contributed by atoms with Crippen LogP contribution >= 0.6 is 34.5 Å². The summed E-state index contributed by atoms with van der Waals surface area (Å²) in [6.45, 7) is 0. The SMILES string of the molecule is NC(Cc1cccs1)Cc1cccc(Cl)c1Cl. The summed E-state index contributed by atoms with van der Waals surface area (Å²) in [7, 11) is 0. The Bertz CT molecular complexity index is 482. The van der Waals surface area contributed by atoms with Crippen molar-refractivity contribution in [2.75, 3.05) is 0 Å². The van der Waals surface area contributed by atoms with E-state index in [1.54, 1.807) is 17.4 Å². The van der Waals surface area contributed by atoms with Gasteiger partial charge in [-0.1, -0.05) is 41.4 Å². The van der Waals surface area contributed by atoms with E-state index in [0.717, 1.165) is 18.4 Å². The minimum absolute atomic E-state index is 0.0737. The zero-order valence-corrected chi connectivity index (χ0v) is 11.5. The minimum Gasteiger partial charge on any atom is -0.327 e. The second-order valence-corrected chi connectivity index (χ2v) is 5.78. The largest absolute Gasteiger partial charge is 0.327 e. The van der Waals surface area contributed by atoms with E-state index < -0.39 is 0 Å². The van der Waals surface area contributed by atoms with E-state index in [4.69, 9.17) is 28.9 Å². The molecule has 1 unspecified atom stereocenters. The van der Waals surface area contributed by atoms with Gasteiger partial charge in [0.05, 0.1) is 10.0 Å². The van der Waals surface area contributed by atoms with Crippen molar-refractivity contribution >= 4 is 34.5 Å². The van der Waals surface area contributed by atoms with E-state index in [0.29, 0.717) is 10.0 Å². The van der Waals surface area contributed by atoms with E-state index >= 15 is 0 Å². The highest BCUT2D eigenvalue weighted by atomic mass is 35.5. The Morgan fingerprint density at radius 3 is 2.65 bits per heavy atom. The molecule has 1 atom stereocenters. The van der Waals surface area contributed by atoms with Crippen molar-refractivity contribution < 1.29 is 0 Å². The third-order valence-corrected chi connectivity index (χ3v) is 4.31. The Kier molecular flexibility index (Phi) is 4.46. The van der Waals surface area contributed by atoms with Gasteiger partial charge in [0.2, 0.25) is 0 Å². The Balaban J connectivity index is 2.03. The van der Waals surface area contributed by atoms with Gasteiger partial charge in [-0.2, -0.15) is 0 Å². The van der Waals surface area contributed by atoms with Crippen LogP contribution in [0.4, 0.5) is 0 Å². The maximum absolute atomic E-state index is 6.13. The molecule has 4 heteroatoms. The summed E-state index contributed by atoms with van der Waals surface area (Å²) in [6.07, 6.45) is 1.62. The highest BCUT2D eigenvalue weighted by Gasteiger charge is 2.10. The first-order valence-corrected chi connectivity index (χ1v) is 7.01. The van der Waals surface area contributed by atoms with Crippen molar-refractivity contribution in [2.45, 2.75) is 18.9 Å². The van der Waals surface area contributed by atoms with Crippen LogP contribution in [0.2, 0.25) is 10.0 Å². The average Bonchev–Trinajstić information content (AvgIpc) is 2.77. The summed E-state index contributed by atoms with van der Waals surface area (Å²) in [6, 6.07) is 9.88. The molecule has 1 aromatic heterocycles. The Labute approximate surface area is 115 Å². The molecule has 0 amide bonds. The normalized spacial score (nSPS) is 12.6. The van der Waals surface area contributed by atoms with E-state index in [9.17, 15) is 0 Å². The molecule has 0 bridgehead atoms. The van der Waals surface area contributed by atoms with Crippen LogP contribution in [-0.4, -0.2) is 6.04 Å². The lowest BCUT2D eigenvalue weighted by Crippen LogP contribution is -2.25. The average molecular weight is 286 g/mol. The number of hydrogen-bond acceptors (Lipinski definition) is 2. The molecule has 1 aromatic carbocycles. The first-order chi connectivity index (χ1) is 8.16. The molecule has 2 aromatic rings. The van der Waals surface area contributed by atoms with Crippen molar-refractivity contribution in [3.05, 3.63) is 56.2 Å². The zero-order valence-electron chi connectivity index (χ0n) is 9.20. The molecule has 90 valence electrons. The third kappa shape index (κ3) is 3.46. The number of rotatable bonds is 4. The number of halogens is 2. The summed E-state index contributed by atoms with van der Waals surface area (Å²) in [4.78, 5) is 1.30. The summed E-state index contributed by atoms with van der Waals surface area (Å²) in [5.41, 5.74) is 7.14. The summed E-state index contributed by atoms with van der Waals surface area (Å²) >= 11 is 13.8. The molecular formula is C13H13Cl2NS. The van der Waals surface area contributed by atoms with Crippen LogP contribution in [-0.2, 0) is 12.8 Å². The second kappa shape index (κ2) is 5.87. The van der Waals surface area contributed by atoms with Gasteiger partial charge in [-0.25, -0.2) is 0 Å². The topological polar surface area (TPSA) is 26.0 Å². The fourth-order valence-corrected chi connectivity index (χ4v) is 2.94. The molecule has 0 saturated carbocycles. The molecule has 0 aliphatic rings. The lowest BCUT2D eigenvalue weighted by Gasteiger charge is -2.12. The van der Waals surface area contributed by atoms with Gasteiger partial charge in [-0.05, 0) is 35.9 Å². The number of thiophene rings is 1. The molecule has 0 saturated heterocycles. The van der Waals surface area contributed by atoms with E-state index in [1.165, 1.54) is 4.88 Å². The third-order valence-electron chi connectivity index (χ3n) is 2.56. The van der Waals surface area contributed by atoms with Crippen molar-refractivity contribution in [1.29, 1.82) is 0 Å². The maximum Gasteiger partial charge on any atom is 0.0624 e. The number of benzene rings is 1. The van der Waals surface area contributed by atoms with Gasteiger partial charge in [-0.15, -0.1) is 11.3 Å². The van der Waals surface area contributed by atoms with Crippen LogP contribution in [0.3, 0.4) is 0 Å². The van der Waals surface area contributed by atoms with Crippen LogP contribution in [0, 0.1) is 0 Å². The summed E-state index contributed by atoms with van der Waals surface area (Å²) < 4.78 is 0. The predicted molar refractivity (Wildman–Crippen MR) is 76.2 cm³/mol. The van der Waals surface area contributed by atoms with Gasteiger partial charge in [0.25, 0.3) is 0 Å². The molecule has 2 rings (SSSR count). The first kappa shape index (κ1) is 12.9. The van der Waals surface area contributed by atoms with E-state index in [2.05, 4.69) is 11.4 Å². The minimum atomic E-state index is 0.0737. The van der Waals surface area contributed by atoms with Gasteiger partial charge < -0.3 is 5.73 Å². The first-order valence-electron chi connectivity index (χ1n) is 5.37.